The van der Waals surface area contributed by atoms with Crippen molar-refractivity contribution < 1.29 is 9.90 Å². The second kappa shape index (κ2) is 4.24. The van der Waals surface area contributed by atoms with E-state index in [0.29, 0.717) is 23.2 Å². The smallest absolute Gasteiger partial charge is 0.211 e. The summed E-state index contributed by atoms with van der Waals surface area (Å²) in [6.07, 6.45) is 0.528. The van der Waals surface area contributed by atoms with Crippen molar-refractivity contribution >= 4 is 12.1 Å². The molecule has 1 rings (SSSR count). The summed E-state index contributed by atoms with van der Waals surface area (Å²) in [4.78, 5) is 10.1. The first-order valence-corrected chi connectivity index (χ1v) is 3.66. The number of aliphatic hydroxyl groups excluding tert-OH is 1. The summed E-state index contributed by atoms with van der Waals surface area (Å²) in [5.41, 5.74) is 1.52. The highest BCUT2D eigenvalue weighted by atomic mass is 16.3. The lowest BCUT2D eigenvalue weighted by atomic mass is 10.1. The van der Waals surface area contributed by atoms with Crippen LogP contribution in [-0.4, -0.2) is 11.5 Å². The number of carbonyl (C=O) groups excluding carboxylic acids is 1. The summed E-state index contributed by atoms with van der Waals surface area (Å²) in [6.45, 7) is -0.203. The summed E-state index contributed by atoms with van der Waals surface area (Å²) in [7, 11) is 0. The molecular formula is C9H8N2O2. The minimum Gasteiger partial charge on any atom is -0.392 e. The van der Waals surface area contributed by atoms with Gasteiger partial charge in [-0.25, -0.2) is 0 Å². The molecule has 0 heterocycles. The first-order chi connectivity index (χ1) is 6.31. The predicted molar refractivity (Wildman–Crippen MR) is 46.8 cm³/mol. The third kappa shape index (κ3) is 2.04. The quantitative estimate of drug-likeness (QED) is 0.663. The van der Waals surface area contributed by atoms with Crippen molar-refractivity contribution in [3.05, 3.63) is 29.3 Å². The van der Waals surface area contributed by atoms with Gasteiger partial charge in [-0.1, -0.05) is 0 Å². The molecule has 0 aromatic heterocycles. The van der Waals surface area contributed by atoms with E-state index >= 15 is 0 Å². The molecule has 13 heavy (non-hydrogen) atoms. The Balaban J connectivity index is 3.09. The Labute approximate surface area is 75.4 Å². The molecule has 4 nitrogen and oxygen atoms in total. The number of hydrogen-bond donors (Lipinski definition) is 2. The number of nitrogens with zero attached hydrogens (tertiary/aromatic N) is 1. The van der Waals surface area contributed by atoms with E-state index in [-0.39, 0.29) is 6.61 Å². The van der Waals surface area contributed by atoms with Gasteiger partial charge in [0.25, 0.3) is 0 Å². The number of benzene rings is 1. The summed E-state index contributed by atoms with van der Waals surface area (Å²) >= 11 is 0. The SMILES string of the molecule is N#Cc1ccc(NC=O)c(CO)c1. The number of nitriles is 1. The third-order valence-electron chi connectivity index (χ3n) is 1.62. The first-order valence-electron chi connectivity index (χ1n) is 3.66. The number of carbonyl (C=O) groups is 1. The lowest BCUT2D eigenvalue weighted by Crippen LogP contribution is -1.99. The molecule has 1 aromatic rings. The highest BCUT2D eigenvalue weighted by Gasteiger charge is 2.01. The normalized spacial score (nSPS) is 8.92. The highest BCUT2D eigenvalue weighted by Crippen LogP contribution is 2.16. The van der Waals surface area contributed by atoms with Crippen LogP contribution >= 0.6 is 0 Å². The zero-order valence-corrected chi connectivity index (χ0v) is 6.82. The second-order valence-corrected chi connectivity index (χ2v) is 2.40. The van der Waals surface area contributed by atoms with Crippen LogP contribution < -0.4 is 5.32 Å². The van der Waals surface area contributed by atoms with Crippen LogP contribution in [0.5, 0.6) is 0 Å². The maximum absolute atomic E-state index is 10.1. The number of nitrogens with one attached hydrogen (secondary N) is 1. The topological polar surface area (TPSA) is 73.1 Å². The maximum atomic E-state index is 10.1. The van der Waals surface area contributed by atoms with Crippen LogP contribution in [0, 0.1) is 11.3 Å². The zero-order chi connectivity index (χ0) is 9.68. The third-order valence-corrected chi connectivity index (χ3v) is 1.62. The fourth-order valence-electron chi connectivity index (χ4n) is 0.998. The second-order valence-electron chi connectivity index (χ2n) is 2.40. The van der Waals surface area contributed by atoms with Crippen LogP contribution in [0.4, 0.5) is 5.69 Å². The number of amides is 1. The molecule has 0 saturated heterocycles. The van der Waals surface area contributed by atoms with E-state index in [1.165, 1.54) is 6.07 Å². The molecule has 1 amide bonds. The van der Waals surface area contributed by atoms with E-state index in [1.54, 1.807) is 12.1 Å². The predicted octanol–water partition coefficient (Wildman–Crippen LogP) is 0.619. The van der Waals surface area contributed by atoms with E-state index in [2.05, 4.69) is 5.32 Å². The molecule has 0 saturated carbocycles. The fraction of sp³-hybridized carbons (Fsp3) is 0.111. The average Bonchev–Trinajstić information content (AvgIpc) is 2.19. The molecule has 66 valence electrons. The Hall–Kier alpha value is -1.86. The van der Waals surface area contributed by atoms with Gasteiger partial charge >= 0.3 is 0 Å². The molecule has 0 spiro atoms. The van der Waals surface area contributed by atoms with Crippen LogP contribution in [0.3, 0.4) is 0 Å². The van der Waals surface area contributed by atoms with Gasteiger partial charge in [0.15, 0.2) is 0 Å². The van der Waals surface area contributed by atoms with Crippen molar-refractivity contribution in [2.45, 2.75) is 6.61 Å². The zero-order valence-electron chi connectivity index (χ0n) is 6.82. The van der Waals surface area contributed by atoms with Gasteiger partial charge in [0.1, 0.15) is 0 Å². The molecule has 4 heteroatoms. The molecule has 0 atom stereocenters. The van der Waals surface area contributed by atoms with Gasteiger partial charge in [0, 0.05) is 11.3 Å². The van der Waals surface area contributed by atoms with Gasteiger partial charge in [-0.15, -0.1) is 0 Å². The number of hydrogen-bond acceptors (Lipinski definition) is 3. The lowest BCUT2D eigenvalue weighted by molar-refractivity contribution is -0.105. The van der Waals surface area contributed by atoms with Gasteiger partial charge in [-0.05, 0) is 18.2 Å². The van der Waals surface area contributed by atoms with E-state index in [1.807, 2.05) is 6.07 Å². The summed E-state index contributed by atoms with van der Waals surface area (Å²) in [5, 5.41) is 19.9. The first kappa shape index (κ1) is 9.23. The van der Waals surface area contributed by atoms with Gasteiger partial charge in [0.05, 0.1) is 18.2 Å². The fourth-order valence-corrected chi connectivity index (χ4v) is 0.998. The van der Waals surface area contributed by atoms with Crippen molar-refractivity contribution in [1.82, 2.24) is 0 Å². The number of anilines is 1. The minimum absolute atomic E-state index is 0.203. The Morgan fingerprint density at radius 3 is 2.92 bits per heavy atom. The molecule has 2 N–H and O–H groups in total. The van der Waals surface area contributed by atoms with Crippen LogP contribution in [-0.2, 0) is 11.4 Å². The largest absolute Gasteiger partial charge is 0.392 e. The average molecular weight is 176 g/mol. The molecule has 0 unspecified atom stereocenters. The molecule has 0 fully saturated rings. The van der Waals surface area contributed by atoms with E-state index < -0.39 is 0 Å². The maximum Gasteiger partial charge on any atom is 0.211 e. The molecule has 1 aromatic carbocycles. The Bertz CT molecular complexity index is 355. The molecule has 0 aliphatic heterocycles. The monoisotopic (exact) mass is 176 g/mol. The van der Waals surface area contributed by atoms with Crippen molar-refractivity contribution in [3.8, 4) is 6.07 Å². The molecule has 0 bridgehead atoms. The van der Waals surface area contributed by atoms with E-state index in [0.717, 1.165) is 0 Å². The van der Waals surface area contributed by atoms with E-state index in [9.17, 15) is 4.79 Å². The van der Waals surface area contributed by atoms with Crippen molar-refractivity contribution in [2.75, 3.05) is 5.32 Å². The van der Waals surface area contributed by atoms with Gasteiger partial charge in [-0.3, -0.25) is 4.79 Å². The number of aliphatic hydroxyl groups is 1. The summed E-state index contributed by atoms with van der Waals surface area (Å²) in [6, 6.07) is 6.63. The molecule has 0 aliphatic rings. The van der Waals surface area contributed by atoms with Crippen molar-refractivity contribution in [3.63, 3.8) is 0 Å². The summed E-state index contributed by atoms with van der Waals surface area (Å²) in [5.74, 6) is 0. The van der Waals surface area contributed by atoms with Crippen LogP contribution in [0.1, 0.15) is 11.1 Å². The Morgan fingerprint density at radius 1 is 1.62 bits per heavy atom. The van der Waals surface area contributed by atoms with Gasteiger partial charge < -0.3 is 10.4 Å². The molecule has 0 aliphatic carbocycles. The molecule has 0 radical (unpaired) electrons. The summed E-state index contributed by atoms with van der Waals surface area (Å²) < 4.78 is 0. The highest BCUT2D eigenvalue weighted by molar-refractivity contribution is 5.73. The lowest BCUT2D eigenvalue weighted by Gasteiger charge is -2.04. The van der Waals surface area contributed by atoms with Gasteiger partial charge in [-0.2, -0.15) is 5.26 Å². The van der Waals surface area contributed by atoms with E-state index in [4.69, 9.17) is 10.4 Å². The standard InChI is InChI=1S/C9H8N2O2/c10-4-7-1-2-9(11-6-13)8(3-7)5-12/h1-3,6,12H,5H2,(H,11,13). The van der Waals surface area contributed by atoms with Crippen LogP contribution in [0.2, 0.25) is 0 Å². The van der Waals surface area contributed by atoms with Crippen molar-refractivity contribution in [2.24, 2.45) is 0 Å². The van der Waals surface area contributed by atoms with Crippen molar-refractivity contribution in [1.29, 1.82) is 5.26 Å². The van der Waals surface area contributed by atoms with Crippen LogP contribution in [0.25, 0.3) is 0 Å². The molecular weight excluding hydrogens is 168 g/mol. The van der Waals surface area contributed by atoms with Crippen LogP contribution in [0.15, 0.2) is 18.2 Å². The van der Waals surface area contributed by atoms with Gasteiger partial charge in [0.2, 0.25) is 6.41 Å². The Kier molecular flexibility index (Phi) is 3.01. The minimum atomic E-state index is -0.203. The number of rotatable bonds is 3. The Morgan fingerprint density at radius 2 is 2.38 bits per heavy atom.